The van der Waals surface area contributed by atoms with Crippen LogP contribution in [0.15, 0.2) is 24.3 Å². The van der Waals surface area contributed by atoms with Gasteiger partial charge in [-0.1, -0.05) is 30.2 Å². The van der Waals surface area contributed by atoms with Crippen LogP contribution in [0.4, 0.5) is 5.82 Å². The van der Waals surface area contributed by atoms with E-state index in [1.54, 1.807) is 0 Å². The van der Waals surface area contributed by atoms with Crippen LogP contribution >= 0.6 is 0 Å². The zero-order valence-electron chi connectivity index (χ0n) is 14.7. The van der Waals surface area contributed by atoms with Gasteiger partial charge in [-0.05, 0) is 13.8 Å². The molecule has 130 valence electrons. The summed E-state index contributed by atoms with van der Waals surface area (Å²) in [5.41, 5.74) is 0.315. The number of piperazine rings is 1. The maximum absolute atomic E-state index is 12.3. The van der Waals surface area contributed by atoms with Gasteiger partial charge in [-0.2, -0.15) is 0 Å². The zero-order chi connectivity index (χ0) is 17.8. The summed E-state index contributed by atoms with van der Waals surface area (Å²) in [4.78, 5) is 17.0. The fourth-order valence-corrected chi connectivity index (χ4v) is 3.16. The summed E-state index contributed by atoms with van der Waals surface area (Å²) in [5.74, 6) is 2.95. The lowest BCUT2D eigenvalue weighted by Crippen LogP contribution is -2.49. The number of anilines is 1. The van der Waals surface area contributed by atoms with E-state index >= 15 is 0 Å². The molecule has 0 bridgehead atoms. The summed E-state index contributed by atoms with van der Waals surface area (Å²) >= 11 is 0. The largest absolute Gasteiger partial charge is 0.352 e. The average molecular weight is 337 g/mol. The standard InChI is InChI=1S/C19H23N5O/c1-4-9-20-19(25)17-15-7-5-6-8-16(15)18(22-21-17)24-12-10-23(11-13-24)14(2)3/h1,5-8,14H,9-13H2,2-3H3,(H,20,25). The Kier molecular flexibility index (Phi) is 5.15. The number of nitrogens with zero attached hydrogens (tertiary/aromatic N) is 4. The predicted molar refractivity (Wildman–Crippen MR) is 99.6 cm³/mol. The molecule has 1 N–H and O–H groups in total. The summed E-state index contributed by atoms with van der Waals surface area (Å²) < 4.78 is 0. The fourth-order valence-electron chi connectivity index (χ4n) is 3.16. The first-order valence-electron chi connectivity index (χ1n) is 8.58. The molecule has 1 saturated heterocycles. The Morgan fingerprint density at radius 1 is 1.20 bits per heavy atom. The third-order valence-electron chi connectivity index (χ3n) is 4.58. The Morgan fingerprint density at radius 3 is 2.52 bits per heavy atom. The molecule has 1 aliphatic rings. The summed E-state index contributed by atoms with van der Waals surface area (Å²) in [6.07, 6.45) is 5.21. The predicted octanol–water partition coefficient (Wildman–Crippen LogP) is 1.52. The van der Waals surface area contributed by atoms with E-state index in [2.05, 4.69) is 45.1 Å². The van der Waals surface area contributed by atoms with Crippen molar-refractivity contribution >= 4 is 22.5 Å². The number of benzene rings is 1. The molecule has 0 saturated carbocycles. The zero-order valence-corrected chi connectivity index (χ0v) is 14.7. The molecule has 1 aromatic heterocycles. The Hall–Kier alpha value is -2.65. The molecule has 2 heterocycles. The number of hydrogen-bond acceptors (Lipinski definition) is 5. The maximum atomic E-state index is 12.3. The topological polar surface area (TPSA) is 61.4 Å². The summed E-state index contributed by atoms with van der Waals surface area (Å²) in [6.45, 7) is 8.41. The second-order valence-corrected chi connectivity index (χ2v) is 6.42. The molecule has 0 spiro atoms. The van der Waals surface area contributed by atoms with Gasteiger partial charge in [0.25, 0.3) is 5.91 Å². The maximum Gasteiger partial charge on any atom is 0.273 e. The molecule has 0 atom stereocenters. The molecule has 1 fully saturated rings. The summed E-state index contributed by atoms with van der Waals surface area (Å²) in [7, 11) is 0. The lowest BCUT2D eigenvalue weighted by Gasteiger charge is -2.37. The van der Waals surface area contributed by atoms with E-state index in [1.165, 1.54) is 0 Å². The first kappa shape index (κ1) is 17.2. The molecule has 2 aromatic rings. The van der Waals surface area contributed by atoms with Crippen molar-refractivity contribution in [1.29, 1.82) is 0 Å². The number of hydrogen-bond donors (Lipinski definition) is 1. The second kappa shape index (κ2) is 7.49. The quantitative estimate of drug-likeness (QED) is 0.857. The number of carbonyl (C=O) groups is 1. The first-order chi connectivity index (χ1) is 12.1. The van der Waals surface area contributed by atoms with E-state index < -0.39 is 0 Å². The van der Waals surface area contributed by atoms with Gasteiger partial charge in [-0.25, -0.2) is 0 Å². The van der Waals surface area contributed by atoms with Gasteiger partial charge in [-0.15, -0.1) is 16.6 Å². The molecule has 1 amide bonds. The van der Waals surface area contributed by atoms with Gasteiger partial charge in [-0.3, -0.25) is 9.69 Å². The SMILES string of the molecule is C#CCNC(=O)c1nnc(N2CCN(C(C)C)CC2)c2ccccc12. The Bertz CT molecular complexity index is 803. The third-order valence-corrected chi connectivity index (χ3v) is 4.58. The van der Waals surface area contributed by atoms with Gasteiger partial charge in [0.15, 0.2) is 11.5 Å². The molecule has 1 aliphatic heterocycles. The van der Waals surface area contributed by atoms with E-state index in [1.807, 2.05) is 24.3 Å². The molecule has 6 heteroatoms. The highest BCUT2D eigenvalue weighted by atomic mass is 16.1. The minimum absolute atomic E-state index is 0.174. The number of amides is 1. The van der Waals surface area contributed by atoms with Crippen LogP contribution in [0.3, 0.4) is 0 Å². The van der Waals surface area contributed by atoms with Crippen LogP contribution in [0.5, 0.6) is 0 Å². The Morgan fingerprint density at radius 2 is 1.88 bits per heavy atom. The molecular weight excluding hydrogens is 314 g/mol. The summed E-state index contributed by atoms with van der Waals surface area (Å²) in [6, 6.07) is 8.31. The molecule has 1 aromatic carbocycles. The molecule has 6 nitrogen and oxygen atoms in total. The van der Waals surface area contributed by atoms with Crippen LogP contribution in [0.2, 0.25) is 0 Å². The lowest BCUT2D eigenvalue weighted by molar-refractivity contribution is 0.0954. The van der Waals surface area contributed by atoms with E-state index in [9.17, 15) is 4.79 Å². The summed E-state index contributed by atoms with van der Waals surface area (Å²) in [5, 5.41) is 13.0. The third kappa shape index (κ3) is 3.57. The monoisotopic (exact) mass is 337 g/mol. The van der Waals surface area contributed by atoms with Crippen molar-refractivity contribution in [3.05, 3.63) is 30.0 Å². The molecule has 0 radical (unpaired) electrons. The van der Waals surface area contributed by atoms with Gasteiger partial charge in [0.1, 0.15) is 0 Å². The highest BCUT2D eigenvalue weighted by Crippen LogP contribution is 2.26. The Labute approximate surface area is 148 Å². The normalized spacial score (nSPS) is 15.4. The minimum atomic E-state index is -0.294. The second-order valence-electron chi connectivity index (χ2n) is 6.42. The molecule has 0 aliphatic carbocycles. The van der Waals surface area contributed by atoms with Crippen LogP contribution in [0, 0.1) is 12.3 Å². The molecule has 25 heavy (non-hydrogen) atoms. The van der Waals surface area contributed by atoms with Crippen LogP contribution in [-0.2, 0) is 0 Å². The smallest absolute Gasteiger partial charge is 0.273 e. The van der Waals surface area contributed by atoms with Gasteiger partial charge in [0, 0.05) is 43.0 Å². The van der Waals surface area contributed by atoms with Crippen molar-refractivity contribution in [1.82, 2.24) is 20.4 Å². The van der Waals surface area contributed by atoms with Crippen molar-refractivity contribution in [3.8, 4) is 12.3 Å². The Balaban J connectivity index is 1.91. The van der Waals surface area contributed by atoms with Crippen LogP contribution in [-0.4, -0.2) is 59.8 Å². The van der Waals surface area contributed by atoms with E-state index in [4.69, 9.17) is 6.42 Å². The van der Waals surface area contributed by atoms with Crippen LogP contribution in [0.1, 0.15) is 24.3 Å². The minimum Gasteiger partial charge on any atom is -0.352 e. The van der Waals surface area contributed by atoms with Gasteiger partial charge in [0.05, 0.1) is 6.54 Å². The van der Waals surface area contributed by atoms with Crippen molar-refractivity contribution in [2.24, 2.45) is 0 Å². The fraction of sp³-hybridized carbons (Fsp3) is 0.421. The first-order valence-corrected chi connectivity index (χ1v) is 8.58. The number of nitrogens with one attached hydrogen (secondary N) is 1. The van der Waals surface area contributed by atoms with Crippen molar-refractivity contribution in [2.75, 3.05) is 37.6 Å². The van der Waals surface area contributed by atoms with E-state index in [0.29, 0.717) is 11.7 Å². The number of fused-ring (bicyclic) bond motifs is 1. The van der Waals surface area contributed by atoms with Gasteiger partial charge in [0.2, 0.25) is 0 Å². The van der Waals surface area contributed by atoms with Crippen molar-refractivity contribution in [3.63, 3.8) is 0 Å². The molecular formula is C19H23N5O. The number of terminal acetylenes is 1. The number of rotatable bonds is 4. The number of aromatic nitrogens is 2. The van der Waals surface area contributed by atoms with E-state index in [0.717, 1.165) is 42.8 Å². The van der Waals surface area contributed by atoms with Gasteiger partial charge >= 0.3 is 0 Å². The highest BCUT2D eigenvalue weighted by molar-refractivity contribution is 6.07. The van der Waals surface area contributed by atoms with Gasteiger partial charge < -0.3 is 10.2 Å². The molecule has 3 rings (SSSR count). The van der Waals surface area contributed by atoms with Crippen molar-refractivity contribution < 1.29 is 4.79 Å². The lowest BCUT2D eigenvalue weighted by atomic mass is 10.1. The number of carbonyl (C=O) groups excluding carboxylic acids is 1. The van der Waals surface area contributed by atoms with Crippen LogP contribution < -0.4 is 10.2 Å². The average Bonchev–Trinajstić information content (AvgIpc) is 2.65. The van der Waals surface area contributed by atoms with Crippen molar-refractivity contribution in [2.45, 2.75) is 19.9 Å². The van der Waals surface area contributed by atoms with E-state index in [-0.39, 0.29) is 12.5 Å². The highest BCUT2D eigenvalue weighted by Gasteiger charge is 2.23. The molecule has 0 unspecified atom stereocenters. The van der Waals surface area contributed by atoms with Crippen LogP contribution in [0.25, 0.3) is 10.8 Å².